The maximum absolute atomic E-state index is 12.2. The first-order valence-electron chi connectivity index (χ1n) is 6.09. The summed E-state index contributed by atoms with van der Waals surface area (Å²) in [7, 11) is 0. The molecule has 1 aliphatic rings. The molecule has 0 radical (unpaired) electrons. The Hall–Kier alpha value is -2.24. The van der Waals surface area contributed by atoms with Crippen LogP contribution in [0.5, 0.6) is 11.5 Å². The summed E-state index contributed by atoms with van der Waals surface area (Å²) in [4.78, 5) is 24.9. The number of likely N-dealkylation sites (tertiary alicyclic amines) is 1. The van der Waals surface area contributed by atoms with Crippen molar-refractivity contribution in [1.29, 1.82) is 0 Å². The summed E-state index contributed by atoms with van der Waals surface area (Å²) in [5.74, 6) is -1.41. The van der Waals surface area contributed by atoms with Crippen LogP contribution in [0.25, 0.3) is 0 Å². The Morgan fingerprint density at radius 3 is 2.42 bits per heavy atom. The number of phenols is 2. The summed E-state index contributed by atoms with van der Waals surface area (Å²) in [5, 5.41) is 18.8. The van der Waals surface area contributed by atoms with E-state index in [4.69, 9.17) is 5.73 Å². The van der Waals surface area contributed by atoms with E-state index in [0.29, 0.717) is 19.4 Å². The van der Waals surface area contributed by atoms with Gasteiger partial charge in [0.15, 0.2) is 0 Å². The van der Waals surface area contributed by atoms with E-state index >= 15 is 0 Å². The lowest BCUT2D eigenvalue weighted by Crippen LogP contribution is -2.44. The van der Waals surface area contributed by atoms with Crippen LogP contribution < -0.4 is 5.73 Å². The van der Waals surface area contributed by atoms with Crippen molar-refractivity contribution in [3.05, 3.63) is 23.8 Å². The molecule has 0 saturated carbocycles. The molecule has 2 rings (SSSR count). The topological polar surface area (TPSA) is 104 Å². The predicted molar refractivity (Wildman–Crippen MR) is 67.6 cm³/mol. The van der Waals surface area contributed by atoms with Gasteiger partial charge in [-0.3, -0.25) is 9.59 Å². The smallest absolute Gasteiger partial charge is 0.254 e. The summed E-state index contributed by atoms with van der Waals surface area (Å²) < 4.78 is 0. The van der Waals surface area contributed by atoms with Gasteiger partial charge in [-0.15, -0.1) is 0 Å². The summed E-state index contributed by atoms with van der Waals surface area (Å²) in [6, 6.07) is 3.73. The molecule has 1 aromatic rings. The van der Waals surface area contributed by atoms with Gasteiger partial charge in [-0.25, -0.2) is 0 Å². The van der Waals surface area contributed by atoms with Crippen molar-refractivity contribution in [3.8, 4) is 11.5 Å². The van der Waals surface area contributed by atoms with E-state index in [1.54, 1.807) is 0 Å². The number of hydrogen-bond donors (Lipinski definition) is 3. The molecule has 1 fully saturated rings. The van der Waals surface area contributed by atoms with Crippen LogP contribution in [0.2, 0.25) is 0 Å². The van der Waals surface area contributed by atoms with E-state index in [1.165, 1.54) is 17.0 Å². The van der Waals surface area contributed by atoms with Crippen LogP contribution in [0.1, 0.15) is 23.2 Å². The molecular weight excluding hydrogens is 248 g/mol. The van der Waals surface area contributed by atoms with Gasteiger partial charge in [0.2, 0.25) is 5.91 Å². The minimum absolute atomic E-state index is 0.174. The molecule has 0 aromatic heterocycles. The second-order valence-electron chi connectivity index (χ2n) is 4.73. The zero-order chi connectivity index (χ0) is 14.0. The number of hydrogen-bond acceptors (Lipinski definition) is 4. The highest BCUT2D eigenvalue weighted by molar-refractivity contribution is 5.95. The van der Waals surface area contributed by atoms with Crippen LogP contribution in [0.4, 0.5) is 0 Å². The summed E-state index contributed by atoms with van der Waals surface area (Å²) in [5.41, 5.74) is 5.46. The van der Waals surface area contributed by atoms with Crippen molar-refractivity contribution >= 4 is 11.8 Å². The quantitative estimate of drug-likeness (QED) is 0.720. The van der Waals surface area contributed by atoms with E-state index in [0.717, 1.165) is 6.07 Å². The van der Waals surface area contributed by atoms with Crippen molar-refractivity contribution in [2.45, 2.75) is 12.8 Å². The maximum atomic E-state index is 12.2. The van der Waals surface area contributed by atoms with E-state index in [1.807, 2.05) is 0 Å². The van der Waals surface area contributed by atoms with Crippen molar-refractivity contribution in [2.24, 2.45) is 11.7 Å². The highest BCUT2D eigenvalue weighted by Crippen LogP contribution is 2.23. The second kappa shape index (κ2) is 5.17. The molecular formula is C13H16N2O4. The van der Waals surface area contributed by atoms with Crippen molar-refractivity contribution in [3.63, 3.8) is 0 Å². The predicted octanol–water partition coefficient (Wildman–Crippen LogP) is 0.435. The number of piperidine rings is 1. The number of amides is 2. The number of carbonyl (C=O) groups excluding carboxylic acids is 2. The van der Waals surface area contributed by atoms with Crippen molar-refractivity contribution < 1.29 is 19.8 Å². The second-order valence-corrected chi connectivity index (χ2v) is 4.73. The third-order valence-corrected chi connectivity index (χ3v) is 3.26. The van der Waals surface area contributed by atoms with E-state index in [9.17, 15) is 19.8 Å². The van der Waals surface area contributed by atoms with E-state index in [2.05, 4.69) is 0 Å². The number of benzene rings is 1. The molecule has 1 saturated heterocycles. The van der Waals surface area contributed by atoms with Crippen LogP contribution >= 0.6 is 0 Å². The van der Waals surface area contributed by atoms with Crippen LogP contribution in [-0.2, 0) is 4.79 Å². The molecule has 1 unspecified atom stereocenters. The largest absolute Gasteiger partial charge is 0.508 e. The average molecular weight is 264 g/mol. The third-order valence-electron chi connectivity index (χ3n) is 3.26. The molecule has 6 nitrogen and oxygen atoms in total. The van der Waals surface area contributed by atoms with E-state index in [-0.39, 0.29) is 35.4 Å². The number of primary amides is 1. The number of carbonyl (C=O) groups is 2. The van der Waals surface area contributed by atoms with Crippen LogP contribution in [0.3, 0.4) is 0 Å². The molecule has 0 bridgehead atoms. The van der Waals surface area contributed by atoms with Crippen molar-refractivity contribution in [1.82, 2.24) is 4.90 Å². The lowest BCUT2D eigenvalue weighted by molar-refractivity contribution is -0.123. The Kier molecular flexibility index (Phi) is 3.59. The lowest BCUT2D eigenvalue weighted by Gasteiger charge is -2.31. The van der Waals surface area contributed by atoms with Gasteiger partial charge in [-0.1, -0.05) is 0 Å². The molecule has 102 valence electrons. The number of phenolic OH excluding ortho intramolecular Hbond substituents is 2. The molecule has 1 heterocycles. The van der Waals surface area contributed by atoms with Gasteiger partial charge in [0.05, 0.1) is 5.92 Å². The maximum Gasteiger partial charge on any atom is 0.254 e. The number of rotatable bonds is 2. The van der Waals surface area contributed by atoms with Gasteiger partial charge in [-0.05, 0) is 25.0 Å². The molecule has 0 spiro atoms. The fourth-order valence-electron chi connectivity index (χ4n) is 2.30. The molecule has 19 heavy (non-hydrogen) atoms. The lowest BCUT2D eigenvalue weighted by atomic mass is 9.97. The van der Waals surface area contributed by atoms with Gasteiger partial charge in [0.1, 0.15) is 11.5 Å². The monoisotopic (exact) mass is 264 g/mol. The fraction of sp³-hybridized carbons (Fsp3) is 0.385. The Bertz CT molecular complexity index is 495. The number of aromatic hydroxyl groups is 2. The summed E-state index contributed by atoms with van der Waals surface area (Å²) >= 11 is 0. The van der Waals surface area contributed by atoms with Gasteiger partial charge < -0.3 is 20.8 Å². The number of nitrogens with two attached hydrogens (primary N) is 1. The molecule has 1 atom stereocenters. The Morgan fingerprint density at radius 2 is 1.84 bits per heavy atom. The molecule has 4 N–H and O–H groups in total. The minimum Gasteiger partial charge on any atom is -0.508 e. The fourth-order valence-corrected chi connectivity index (χ4v) is 2.30. The molecule has 0 aliphatic carbocycles. The van der Waals surface area contributed by atoms with Crippen LogP contribution in [-0.4, -0.2) is 40.0 Å². The Morgan fingerprint density at radius 1 is 1.21 bits per heavy atom. The first kappa shape index (κ1) is 13.2. The standard InChI is InChI=1S/C13H16N2O4/c14-12(18)8-2-1-3-15(7-8)13(19)9-4-10(16)6-11(17)5-9/h4-6,8,16-17H,1-3,7H2,(H2,14,18). The van der Waals surface area contributed by atoms with Gasteiger partial charge in [0.25, 0.3) is 5.91 Å². The minimum atomic E-state index is -0.406. The Labute approximate surface area is 110 Å². The van der Waals surface area contributed by atoms with Gasteiger partial charge in [0, 0.05) is 24.7 Å². The zero-order valence-electron chi connectivity index (χ0n) is 10.4. The van der Waals surface area contributed by atoms with Crippen molar-refractivity contribution in [2.75, 3.05) is 13.1 Å². The summed E-state index contributed by atoms with van der Waals surface area (Å²) in [6.07, 6.45) is 1.40. The summed E-state index contributed by atoms with van der Waals surface area (Å²) in [6.45, 7) is 0.823. The van der Waals surface area contributed by atoms with E-state index < -0.39 is 5.91 Å². The molecule has 1 aliphatic heterocycles. The molecule has 1 aromatic carbocycles. The average Bonchev–Trinajstić information content (AvgIpc) is 2.37. The van der Waals surface area contributed by atoms with Crippen LogP contribution in [0, 0.1) is 5.92 Å². The van der Waals surface area contributed by atoms with Crippen LogP contribution in [0.15, 0.2) is 18.2 Å². The third kappa shape index (κ3) is 2.96. The zero-order valence-corrected chi connectivity index (χ0v) is 10.4. The highest BCUT2D eigenvalue weighted by Gasteiger charge is 2.27. The molecule has 2 amide bonds. The first-order valence-corrected chi connectivity index (χ1v) is 6.09. The molecule has 6 heteroatoms. The highest BCUT2D eigenvalue weighted by atomic mass is 16.3. The number of nitrogens with zero attached hydrogens (tertiary/aromatic N) is 1. The normalized spacial score (nSPS) is 19.2. The van der Waals surface area contributed by atoms with Gasteiger partial charge in [-0.2, -0.15) is 0 Å². The van der Waals surface area contributed by atoms with Gasteiger partial charge >= 0.3 is 0 Å². The Balaban J connectivity index is 2.16. The first-order chi connectivity index (χ1) is 8.97. The SMILES string of the molecule is NC(=O)C1CCCN(C(=O)c2cc(O)cc(O)c2)C1.